The highest BCUT2D eigenvalue weighted by atomic mass is 31.2. The van der Waals surface area contributed by atoms with Gasteiger partial charge in [0.1, 0.15) is 18.3 Å². The highest BCUT2D eigenvalue weighted by molar-refractivity contribution is 7.51. The molecule has 0 bridgehead atoms. The molecule has 1 heterocycles. The van der Waals surface area contributed by atoms with Gasteiger partial charge in [0.05, 0.1) is 18.9 Å². The van der Waals surface area contributed by atoms with E-state index in [1.54, 1.807) is 0 Å². The van der Waals surface area contributed by atoms with E-state index in [-0.39, 0.29) is 6.42 Å². The second kappa shape index (κ2) is 4.88. The van der Waals surface area contributed by atoms with Crippen molar-refractivity contribution in [1.29, 1.82) is 0 Å². The summed E-state index contributed by atoms with van der Waals surface area (Å²) in [7, 11) is -4.13. The van der Waals surface area contributed by atoms with Crippen LogP contribution in [-0.2, 0) is 9.30 Å². The van der Waals surface area contributed by atoms with Crippen molar-refractivity contribution in [3.63, 3.8) is 0 Å². The van der Waals surface area contributed by atoms with Crippen LogP contribution in [0.3, 0.4) is 0 Å². The van der Waals surface area contributed by atoms with E-state index in [4.69, 9.17) is 19.6 Å². The van der Waals surface area contributed by atoms with Gasteiger partial charge >= 0.3 is 7.60 Å². The number of aliphatic hydroxyl groups is 3. The molecule has 0 radical (unpaired) electrons. The first kappa shape index (κ1) is 13.1. The second-order valence-corrected chi connectivity index (χ2v) is 5.33. The molecule has 0 aromatic heterocycles. The Labute approximate surface area is 86.5 Å². The standard InChI is InChI=1S/C7H15O7P/c8-3-5-7(10)6(9)4(14-5)1-2-15(11,12)13/h4-10H,1-3H2,(H2,11,12,13)/t4-,5+,6+,7+/m0/s1. The van der Waals surface area contributed by atoms with Crippen LogP contribution in [0.15, 0.2) is 0 Å². The van der Waals surface area contributed by atoms with Crippen molar-refractivity contribution in [2.45, 2.75) is 30.8 Å². The topological polar surface area (TPSA) is 127 Å². The Morgan fingerprint density at radius 2 is 1.67 bits per heavy atom. The number of aliphatic hydroxyl groups excluding tert-OH is 3. The number of hydrogen-bond acceptors (Lipinski definition) is 5. The predicted octanol–water partition coefficient (Wildman–Crippen LogP) is -1.96. The highest BCUT2D eigenvalue weighted by Gasteiger charge is 2.42. The summed E-state index contributed by atoms with van der Waals surface area (Å²) >= 11 is 0. The molecule has 1 saturated heterocycles. The summed E-state index contributed by atoms with van der Waals surface area (Å²) in [5, 5.41) is 27.5. The fourth-order valence-corrected chi connectivity index (χ4v) is 2.10. The van der Waals surface area contributed by atoms with Crippen LogP contribution in [0, 0.1) is 0 Å². The molecule has 7 nitrogen and oxygen atoms in total. The molecule has 15 heavy (non-hydrogen) atoms. The SMILES string of the molecule is O=P(O)(O)CC[C@@H]1O[C@H](CO)[C@@H](O)[C@@H]1O. The molecule has 0 aliphatic carbocycles. The van der Waals surface area contributed by atoms with Crippen LogP contribution in [0.2, 0.25) is 0 Å². The minimum absolute atomic E-state index is 0.0565. The molecule has 0 amide bonds. The zero-order valence-electron chi connectivity index (χ0n) is 7.93. The Balaban J connectivity index is 2.47. The van der Waals surface area contributed by atoms with Gasteiger partial charge in [-0.3, -0.25) is 4.57 Å². The second-order valence-electron chi connectivity index (χ2n) is 3.55. The lowest BCUT2D eigenvalue weighted by atomic mass is 10.1. The lowest BCUT2D eigenvalue weighted by molar-refractivity contribution is -0.0226. The Kier molecular flexibility index (Phi) is 4.25. The summed E-state index contributed by atoms with van der Waals surface area (Å²) in [6, 6.07) is 0. The van der Waals surface area contributed by atoms with Gasteiger partial charge in [0.2, 0.25) is 0 Å². The zero-order valence-corrected chi connectivity index (χ0v) is 8.82. The summed E-state index contributed by atoms with van der Waals surface area (Å²) in [6.45, 7) is -0.440. The van der Waals surface area contributed by atoms with Crippen molar-refractivity contribution in [3.05, 3.63) is 0 Å². The first-order valence-electron chi connectivity index (χ1n) is 4.52. The summed E-state index contributed by atoms with van der Waals surface area (Å²) in [4.78, 5) is 17.2. The van der Waals surface area contributed by atoms with Gasteiger partial charge in [-0.05, 0) is 6.42 Å². The number of ether oxygens (including phenoxy) is 1. The molecule has 1 rings (SSSR count). The molecule has 0 aromatic carbocycles. The molecule has 1 aliphatic rings. The Bertz CT molecular complexity index is 252. The van der Waals surface area contributed by atoms with Gasteiger partial charge < -0.3 is 29.8 Å². The largest absolute Gasteiger partial charge is 0.394 e. The lowest BCUT2D eigenvalue weighted by Crippen LogP contribution is -2.34. The van der Waals surface area contributed by atoms with E-state index in [1.165, 1.54) is 0 Å². The quantitative estimate of drug-likeness (QED) is 0.362. The summed E-state index contributed by atoms with van der Waals surface area (Å²) in [5.74, 6) is 0. The van der Waals surface area contributed by atoms with E-state index in [0.717, 1.165) is 0 Å². The van der Waals surface area contributed by atoms with Crippen LogP contribution in [-0.4, -0.2) is 62.3 Å². The van der Waals surface area contributed by atoms with Crippen molar-refractivity contribution >= 4 is 7.60 Å². The molecule has 0 aromatic rings. The van der Waals surface area contributed by atoms with Gasteiger partial charge in [0, 0.05) is 0 Å². The lowest BCUT2D eigenvalue weighted by Gasteiger charge is -2.14. The molecule has 8 heteroatoms. The summed E-state index contributed by atoms with van der Waals surface area (Å²) < 4.78 is 15.6. The number of hydrogen-bond donors (Lipinski definition) is 5. The molecular weight excluding hydrogens is 227 g/mol. The molecule has 0 saturated carbocycles. The molecule has 1 aliphatic heterocycles. The Hall–Kier alpha value is -0.0100. The van der Waals surface area contributed by atoms with Crippen LogP contribution in [0.25, 0.3) is 0 Å². The van der Waals surface area contributed by atoms with Crippen LogP contribution in [0.4, 0.5) is 0 Å². The minimum atomic E-state index is -4.13. The number of rotatable bonds is 4. The van der Waals surface area contributed by atoms with Crippen molar-refractivity contribution in [3.8, 4) is 0 Å². The molecule has 0 unspecified atom stereocenters. The van der Waals surface area contributed by atoms with Gasteiger partial charge in [0.25, 0.3) is 0 Å². The first-order valence-corrected chi connectivity index (χ1v) is 6.32. The summed E-state index contributed by atoms with van der Waals surface area (Å²) in [5.41, 5.74) is 0. The van der Waals surface area contributed by atoms with E-state index in [2.05, 4.69) is 0 Å². The van der Waals surface area contributed by atoms with Crippen LogP contribution in [0.5, 0.6) is 0 Å². The van der Waals surface area contributed by atoms with Gasteiger partial charge in [-0.15, -0.1) is 0 Å². The van der Waals surface area contributed by atoms with Gasteiger partial charge in [-0.2, -0.15) is 0 Å². The fourth-order valence-electron chi connectivity index (χ4n) is 1.51. The van der Waals surface area contributed by atoms with E-state index < -0.39 is 44.8 Å². The van der Waals surface area contributed by atoms with Crippen molar-refractivity contribution in [2.24, 2.45) is 0 Å². The molecule has 5 N–H and O–H groups in total. The predicted molar refractivity (Wildman–Crippen MR) is 49.3 cm³/mol. The van der Waals surface area contributed by atoms with Crippen LogP contribution < -0.4 is 0 Å². The van der Waals surface area contributed by atoms with E-state index >= 15 is 0 Å². The molecule has 0 spiro atoms. The fraction of sp³-hybridized carbons (Fsp3) is 1.00. The molecule has 1 fully saturated rings. The van der Waals surface area contributed by atoms with Gasteiger partial charge in [0.15, 0.2) is 0 Å². The average Bonchev–Trinajstić information content (AvgIpc) is 2.40. The van der Waals surface area contributed by atoms with Gasteiger partial charge in [-0.25, -0.2) is 0 Å². The van der Waals surface area contributed by atoms with Crippen molar-refractivity contribution in [2.75, 3.05) is 12.8 Å². The zero-order chi connectivity index (χ0) is 11.6. The van der Waals surface area contributed by atoms with Crippen molar-refractivity contribution in [1.82, 2.24) is 0 Å². The smallest absolute Gasteiger partial charge is 0.325 e. The normalized spacial score (nSPS) is 37.1. The summed E-state index contributed by atoms with van der Waals surface area (Å²) in [6.07, 6.45) is -4.63. The monoisotopic (exact) mass is 242 g/mol. The van der Waals surface area contributed by atoms with Crippen molar-refractivity contribution < 1.29 is 34.4 Å². The third kappa shape index (κ3) is 3.49. The van der Waals surface area contributed by atoms with E-state index in [0.29, 0.717) is 0 Å². The van der Waals surface area contributed by atoms with Crippen LogP contribution >= 0.6 is 7.60 Å². The first-order chi connectivity index (χ1) is 6.85. The van der Waals surface area contributed by atoms with E-state index in [9.17, 15) is 14.8 Å². The minimum Gasteiger partial charge on any atom is -0.394 e. The Morgan fingerprint density at radius 1 is 1.13 bits per heavy atom. The Morgan fingerprint density at radius 3 is 2.07 bits per heavy atom. The highest BCUT2D eigenvalue weighted by Crippen LogP contribution is 2.37. The maximum absolute atomic E-state index is 10.6. The van der Waals surface area contributed by atoms with Gasteiger partial charge in [-0.1, -0.05) is 0 Å². The third-order valence-corrected chi connectivity index (χ3v) is 3.19. The van der Waals surface area contributed by atoms with E-state index in [1.807, 2.05) is 0 Å². The maximum Gasteiger partial charge on any atom is 0.325 e. The third-order valence-electron chi connectivity index (χ3n) is 2.35. The average molecular weight is 242 g/mol. The molecule has 90 valence electrons. The molecular formula is C7H15O7P. The maximum atomic E-state index is 10.6. The molecule has 4 atom stereocenters. The van der Waals surface area contributed by atoms with Crippen LogP contribution in [0.1, 0.15) is 6.42 Å².